The van der Waals surface area contributed by atoms with Crippen molar-refractivity contribution in [3.05, 3.63) is 52.0 Å². The molecule has 0 spiro atoms. The van der Waals surface area contributed by atoms with Gasteiger partial charge < -0.3 is 30.4 Å². The van der Waals surface area contributed by atoms with Crippen LogP contribution in [0, 0.1) is 11.8 Å². The van der Waals surface area contributed by atoms with Gasteiger partial charge in [-0.3, -0.25) is 14.4 Å². The number of anilines is 2. The smallest absolute Gasteiger partial charge is 0.307 e. The number of carboxylic acids is 1. The molecule has 40 heavy (non-hydrogen) atoms. The van der Waals surface area contributed by atoms with Crippen LogP contribution in [0.2, 0.25) is 5.02 Å². The molecule has 0 bridgehead atoms. The zero-order valence-electron chi connectivity index (χ0n) is 22.6. The number of fused-ring (bicyclic) bond motifs is 1. The third kappa shape index (κ3) is 5.30. The highest BCUT2D eigenvalue weighted by Crippen LogP contribution is 2.45. The molecule has 0 aromatic heterocycles. The van der Waals surface area contributed by atoms with Gasteiger partial charge in [-0.25, -0.2) is 5.84 Å². The van der Waals surface area contributed by atoms with Crippen molar-refractivity contribution in [1.82, 2.24) is 9.80 Å². The fourth-order valence-electron chi connectivity index (χ4n) is 6.38. The number of aliphatic carboxylic acids is 1. The molecular formula is C29H36ClN5O5. The molecule has 2 heterocycles. The van der Waals surface area contributed by atoms with E-state index < -0.39 is 24.0 Å². The first-order chi connectivity index (χ1) is 19.2. The maximum atomic E-state index is 14.1. The number of ether oxygens (including phenoxy) is 1. The number of halogens is 1. The lowest BCUT2D eigenvalue weighted by atomic mass is 9.78. The Hall–Kier alpha value is -3.50. The molecule has 2 aromatic carbocycles. The summed E-state index contributed by atoms with van der Waals surface area (Å²) in [6.07, 6.45) is 3.44. The predicted molar refractivity (Wildman–Crippen MR) is 151 cm³/mol. The number of hydrogen-bond acceptors (Lipinski definition) is 7. The standard InChI is InChI=1S/C29H36ClN5O5/c1-33(32)23-10-8-17(15-22(23)31)16-40-24-11-9-21(30)20-12-14-35(27(26(20)24)34-13-4-7-25(34)36)28(37)18-5-2-3-6-19(18)29(38)39/h8-11,15,18-19,27H,2-7,12-14,16,31-32H2,1H3,(H,38,39). The van der Waals surface area contributed by atoms with Crippen LogP contribution >= 0.6 is 11.6 Å². The molecule has 3 unspecified atom stereocenters. The Kier molecular flexibility index (Phi) is 8.09. The van der Waals surface area contributed by atoms with Gasteiger partial charge in [0.2, 0.25) is 11.8 Å². The van der Waals surface area contributed by atoms with Gasteiger partial charge in [0.05, 0.1) is 23.2 Å². The molecule has 5 rings (SSSR count). The largest absolute Gasteiger partial charge is 0.488 e. The predicted octanol–water partition coefficient (Wildman–Crippen LogP) is 3.71. The van der Waals surface area contributed by atoms with Crippen molar-refractivity contribution < 1.29 is 24.2 Å². The van der Waals surface area contributed by atoms with Crippen molar-refractivity contribution in [2.24, 2.45) is 17.7 Å². The average molecular weight is 570 g/mol. The molecule has 11 heteroatoms. The third-order valence-corrected chi connectivity index (χ3v) is 8.73. The van der Waals surface area contributed by atoms with Gasteiger partial charge in [0, 0.05) is 37.1 Å². The number of amides is 2. The molecule has 3 atom stereocenters. The van der Waals surface area contributed by atoms with Crippen molar-refractivity contribution >= 4 is 40.8 Å². The van der Waals surface area contributed by atoms with Crippen LogP contribution in [0.25, 0.3) is 0 Å². The quantitative estimate of drug-likeness (QED) is 0.260. The number of nitrogen functional groups attached to an aromatic ring is 1. The molecule has 2 fully saturated rings. The van der Waals surface area contributed by atoms with E-state index in [1.165, 1.54) is 5.01 Å². The van der Waals surface area contributed by atoms with Crippen molar-refractivity contribution in [2.75, 3.05) is 30.9 Å². The van der Waals surface area contributed by atoms with Gasteiger partial charge in [-0.2, -0.15) is 0 Å². The summed E-state index contributed by atoms with van der Waals surface area (Å²) in [7, 11) is 1.71. The van der Waals surface area contributed by atoms with Crippen molar-refractivity contribution in [3.8, 4) is 5.75 Å². The Morgan fingerprint density at radius 3 is 2.50 bits per heavy atom. The number of carboxylic acid groups (broad SMARTS) is 1. The number of carbonyl (C=O) groups excluding carboxylic acids is 2. The molecule has 1 aliphatic carbocycles. The van der Waals surface area contributed by atoms with Gasteiger partial charge in [0.1, 0.15) is 18.5 Å². The number of benzene rings is 2. The topological polar surface area (TPSA) is 142 Å². The summed E-state index contributed by atoms with van der Waals surface area (Å²) in [5.74, 6) is 3.80. The van der Waals surface area contributed by atoms with Crippen LogP contribution in [0.5, 0.6) is 5.75 Å². The van der Waals surface area contributed by atoms with E-state index in [0.717, 1.165) is 24.0 Å². The Morgan fingerprint density at radius 2 is 1.85 bits per heavy atom. The van der Waals surface area contributed by atoms with E-state index in [9.17, 15) is 19.5 Å². The van der Waals surface area contributed by atoms with Crippen LogP contribution in [-0.2, 0) is 27.4 Å². The second kappa shape index (κ2) is 11.5. The maximum absolute atomic E-state index is 14.1. The summed E-state index contributed by atoms with van der Waals surface area (Å²) in [6, 6.07) is 9.05. The van der Waals surface area contributed by atoms with E-state index in [2.05, 4.69) is 0 Å². The summed E-state index contributed by atoms with van der Waals surface area (Å²) < 4.78 is 6.33. The Bertz CT molecular complexity index is 1320. The Morgan fingerprint density at radius 1 is 1.10 bits per heavy atom. The van der Waals surface area contributed by atoms with E-state index in [1.54, 1.807) is 35.0 Å². The molecule has 2 amide bonds. The molecule has 1 saturated carbocycles. The zero-order chi connectivity index (χ0) is 28.6. The minimum atomic E-state index is -0.942. The highest BCUT2D eigenvalue weighted by Gasteiger charge is 2.46. The van der Waals surface area contributed by atoms with Crippen LogP contribution in [0.15, 0.2) is 30.3 Å². The summed E-state index contributed by atoms with van der Waals surface area (Å²) in [5.41, 5.74) is 9.74. The van der Waals surface area contributed by atoms with E-state index in [0.29, 0.717) is 72.9 Å². The fourth-order valence-corrected chi connectivity index (χ4v) is 6.64. The van der Waals surface area contributed by atoms with Gasteiger partial charge in [0.15, 0.2) is 0 Å². The lowest BCUT2D eigenvalue weighted by Crippen LogP contribution is -2.52. The maximum Gasteiger partial charge on any atom is 0.307 e. The van der Waals surface area contributed by atoms with Gasteiger partial charge in [-0.15, -0.1) is 0 Å². The number of nitrogens with two attached hydrogens (primary N) is 2. The molecule has 3 aliphatic rings. The van der Waals surface area contributed by atoms with Crippen LogP contribution in [0.1, 0.15) is 61.4 Å². The van der Waals surface area contributed by atoms with Crippen LogP contribution in [-0.4, -0.2) is 52.8 Å². The van der Waals surface area contributed by atoms with E-state index in [4.69, 9.17) is 27.9 Å². The third-order valence-electron chi connectivity index (χ3n) is 8.37. The first-order valence-corrected chi connectivity index (χ1v) is 14.2. The van der Waals surface area contributed by atoms with Crippen LogP contribution in [0.3, 0.4) is 0 Å². The first kappa shape index (κ1) is 28.0. The summed E-state index contributed by atoms with van der Waals surface area (Å²) in [4.78, 5) is 42.6. The average Bonchev–Trinajstić information content (AvgIpc) is 3.36. The minimum absolute atomic E-state index is 0.0470. The fraction of sp³-hybridized carbons (Fsp3) is 0.483. The highest BCUT2D eigenvalue weighted by atomic mass is 35.5. The SMILES string of the molecule is CN(N)c1ccc(COc2ccc(Cl)c3c2C(N2CCCC2=O)N(C(=O)C2CCCCC2C(=O)O)CC3)cc1N. The second-order valence-corrected chi connectivity index (χ2v) is 11.3. The number of likely N-dealkylation sites (tertiary alicyclic amines) is 1. The molecule has 1 saturated heterocycles. The number of hydrazine groups is 1. The first-order valence-electron chi connectivity index (χ1n) is 13.8. The Balaban J connectivity index is 1.51. The lowest BCUT2D eigenvalue weighted by molar-refractivity contribution is -0.157. The van der Waals surface area contributed by atoms with Gasteiger partial charge >= 0.3 is 5.97 Å². The number of rotatable bonds is 7. The number of carbonyl (C=O) groups is 3. The minimum Gasteiger partial charge on any atom is -0.488 e. The molecule has 2 aliphatic heterocycles. The van der Waals surface area contributed by atoms with Crippen molar-refractivity contribution in [1.29, 1.82) is 0 Å². The van der Waals surface area contributed by atoms with Gasteiger partial charge in [0.25, 0.3) is 0 Å². The van der Waals surface area contributed by atoms with E-state index in [-0.39, 0.29) is 18.4 Å². The molecular weight excluding hydrogens is 534 g/mol. The Labute approximate surface area is 238 Å². The highest BCUT2D eigenvalue weighted by molar-refractivity contribution is 6.31. The lowest BCUT2D eigenvalue weighted by Gasteiger charge is -2.45. The molecule has 5 N–H and O–H groups in total. The summed E-state index contributed by atoms with van der Waals surface area (Å²) >= 11 is 6.68. The van der Waals surface area contributed by atoms with Gasteiger partial charge in [-0.05, 0) is 61.1 Å². The molecule has 10 nitrogen and oxygen atoms in total. The number of hydrogen-bond donors (Lipinski definition) is 3. The molecule has 214 valence electrons. The second-order valence-electron chi connectivity index (χ2n) is 10.9. The van der Waals surface area contributed by atoms with Crippen molar-refractivity contribution in [3.63, 3.8) is 0 Å². The normalized spacial score (nSPS) is 22.7. The van der Waals surface area contributed by atoms with E-state index in [1.807, 2.05) is 12.1 Å². The monoisotopic (exact) mass is 569 g/mol. The van der Waals surface area contributed by atoms with E-state index >= 15 is 0 Å². The summed E-state index contributed by atoms with van der Waals surface area (Å²) in [6.45, 7) is 1.04. The van der Waals surface area contributed by atoms with Gasteiger partial charge in [-0.1, -0.05) is 30.5 Å². The van der Waals surface area contributed by atoms with Crippen LogP contribution < -0.4 is 21.3 Å². The number of nitrogens with zero attached hydrogens (tertiary/aromatic N) is 3. The molecule has 0 radical (unpaired) electrons. The zero-order valence-corrected chi connectivity index (χ0v) is 23.4. The molecule has 2 aromatic rings. The summed E-state index contributed by atoms with van der Waals surface area (Å²) in [5, 5.41) is 11.9. The van der Waals surface area contributed by atoms with Crippen molar-refractivity contribution in [2.45, 2.75) is 57.7 Å². The van der Waals surface area contributed by atoms with Crippen LogP contribution in [0.4, 0.5) is 11.4 Å².